The Hall–Kier alpha value is -2.00. The largest absolute Gasteiger partial charge is 0.477 e. The van der Waals surface area contributed by atoms with Crippen molar-refractivity contribution in [1.29, 1.82) is 0 Å². The van der Waals surface area contributed by atoms with E-state index in [-0.39, 0.29) is 23.1 Å². The lowest BCUT2D eigenvalue weighted by atomic mass is 9.91. The highest BCUT2D eigenvalue weighted by Crippen LogP contribution is 2.42. The number of piperidine rings is 1. The molecule has 2 aliphatic heterocycles. The third-order valence-electron chi connectivity index (χ3n) is 6.47. The number of pyridine rings is 1. The third-order valence-corrected chi connectivity index (χ3v) is 10.9. The van der Waals surface area contributed by atoms with Crippen LogP contribution in [0.15, 0.2) is 6.20 Å². The summed E-state index contributed by atoms with van der Waals surface area (Å²) >= 11 is 0. The predicted octanol–water partition coefficient (Wildman–Crippen LogP) is 3.08. The van der Waals surface area contributed by atoms with E-state index in [0.717, 1.165) is 24.2 Å². The van der Waals surface area contributed by atoms with Gasteiger partial charge >= 0.3 is 6.09 Å². The van der Waals surface area contributed by atoms with E-state index < -0.39 is 14.4 Å². The normalized spacial score (nSPS) is 24.8. The summed E-state index contributed by atoms with van der Waals surface area (Å²) in [5.41, 5.74) is 8.81. The topological polar surface area (TPSA) is 110 Å². The quantitative estimate of drug-likeness (QED) is 0.640. The number of carbonyl (C=O) groups is 1. The first-order valence-corrected chi connectivity index (χ1v) is 13.1. The zero-order valence-corrected chi connectivity index (χ0v) is 19.3. The van der Waals surface area contributed by atoms with Crippen molar-refractivity contribution in [2.75, 3.05) is 30.3 Å². The van der Waals surface area contributed by atoms with Crippen LogP contribution < -0.4 is 20.7 Å². The maximum absolute atomic E-state index is 11.6. The van der Waals surface area contributed by atoms with E-state index in [0.29, 0.717) is 24.7 Å². The lowest BCUT2D eigenvalue weighted by molar-refractivity contribution is 0.0721. The van der Waals surface area contributed by atoms with Gasteiger partial charge in [-0.05, 0) is 18.1 Å². The Morgan fingerprint density at radius 2 is 2.10 bits per heavy atom. The zero-order chi connectivity index (χ0) is 21.6. The van der Waals surface area contributed by atoms with Gasteiger partial charge < -0.3 is 30.2 Å². The maximum atomic E-state index is 11.6. The number of nitrogens with two attached hydrogens (primary N) is 1. The van der Waals surface area contributed by atoms with Crippen molar-refractivity contribution in [3.05, 3.63) is 11.8 Å². The number of fused-ring (bicyclic) bond motifs is 1. The van der Waals surface area contributed by atoms with E-state index in [1.807, 2.05) is 0 Å². The Morgan fingerprint density at radius 3 is 2.72 bits per heavy atom. The monoisotopic (exact) mass is 422 g/mol. The van der Waals surface area contributed by atoms with Crippen molar-refractivity contribution in [1.82, 2.24) is 10.3 Å². The van der Waals surface area contributed by atoms with Crippen LogP contribution in [0.1, 0.15) is 33.3 Å². The average molecular weight is 423 g/mol. The van der Waals surface area contributed by atoms with Gasteiger partial charge in [0.05, 0.1) is 36.3 Å². The number of nitrogen functional groups attached to an aromatic ring is 1. The maximum Gasteiger partial charge on any atom is 0.405 e. The molecule has 1 aromatic heterocycles. The molecular weight excluding hydrogens is 388 g/mol. The molecule has 3 atom stereocenters. The molecule has 29 heavy (non-hydrogen) atoms. The summed E-state index contributed by atoms with van der Waals surface area (Å²) in [6, 6.07) is -0.351. The van der Waals surface area contributed by atoms with Crippen LogP contribution in [-0.2, 0) is 10.8 Å². The fourth-order valence-electron chi connectivity index (χ4n) is 3.96. The average Bonchev–Trinajstić information content (AvgIpc) is 3.04. The van der Waals surface area contributed by atoms with Crippen LogP contribution in [0.3, 0.4) is 0 Å². The number of nitrogens with one attached hydrogen (secondary N) is 1. The van der Waals surface area contributed by atoms with Crippen LogP contribution >= 0.6 is 0 Å². The molecule has 0 spiro atoms. The molecule has 0 radical (unpaired) electrons. The molecule has 1 fully saturated rings. The second-order valence-corrected chi connectivity index (χ2v) is 14.5. The molecule has 4 N–H and O–H groups in total. The first-order chi connectivity index (χ1) is 13.4. The number of hydrogen-bond donors (Lipinski definition) is 3. The summed E-state index contributed by atoms with van der Waals surface area (Å²) in [5, 5.41) is 12.2. The molecule has 0 saturated carbocycles. The lowest BCUT2D eigenvalue weighted by Gasteiger charge is -2.48. The Balaban J connectivity index is 1.90. The molecule has 1 amide bonds. The van der Waals surface area contributed by atoms with Crippen LogP contribution in [0.4, 0.5) is 16.2 Å². The number of carboxylic acid groups (broad SMARTS) is 1. The van der Waals surface area contributed by atoms with Gasteiger partial charge in [0.2, 0.25) is 5.88 Å². The number of hydrogen-bond acceptors (Lipinski definition) is 6. The summed E-state index contributed by atoms with van der Waals surface area (Å²) in [5.74, 6) is 0.754. The molecule has 0 aliphatic carbocycles. The molecule has 162 valence electrons. The molecule has 0 bridgehead atoms. The highest BCUT2D eigenvalue weighted by molar-refractivity contribution is 6.74. The van der Waals surface area contributed by atoms with Gasteiger partial charge in [-0.2, -0.15) is 0 Å². The zero-order valence-electron chi connectivity index (χ0n) is 18.3. The van der Waals surface area contributed by atoms with Crippen molar-refractivity contribution >= 4 is 25.8 Å². The van der Waals surface area contributed by atoms with Crippen molar-refractivity contribution in [2.45, 2.75) is 64.4 Å². The second-order valence-electron chi connectivity index (χ2n) is 9.73. The van der Waals surface area contributed by atoms with Gasteiger partial charge in [-0.3, -0.25) is 0 Å². The summed E-state index contributed by atoms with van der Waals surface area (Å²) < 4.78 is 12.3. The van der Waals surface area contributed by atoms with Crippen molar-refractivity contribution < 1.29 is 19.1 Å². The highest BCUT2D eigenvalue weighted by Gasteiger charge is 2.45. The van der Waals surface area contributed by atoms with Crippen LogP contribution in [0, 0.1) is 5.92 Å². The Labute approximate surface area is 173 Å². The van der Waals surface area contributed by atoms with Gasteiger partial charge in [0, 0.05) is 31.0 Å². The first kappa shape index (κ1) is 21.7. The van der Waals surface area contributed by atoms with Gasteiger partial charge in [-0.15, -0.1) is 0 Å². The Bertz CT molecular complexity index is 780. The molecule has 3 heterocycles. The minimum atomic E-state index is -2.06. The van der Waals surface area contributed by atoms with E-state index in [1.165, 1.54) is 0 Å². The van der Waals surface area contributed by atoms with Crippen LogP contribution in [0.2, 0.25) is 18.1 Å². The molecule has 0 unspecified atom stereocenters. The van der Waals surface area contributed by atoms with Gasteiger partial charge in [0.25, 0.3) is 0 Å². The molecule has 9 heteroatoms. The van der Waals surface area contributed by atoms with Crippen molar-refractivity contribution in [3.63, 3.8) is 0 Å². The fraction of sp³-hybridized carbons (Fsp3) is 0.700. The minimum Gasteiger partial charge on any atom is -0.477 e. The molecule has 3 rings (SSSR count). The Kier molecular flexibility index (Phi) is 5.75. The molecule has 1 saturated heterocycles. The second kappa shape index (κ2) is 7.68. The van der Waals surface area contributed by atoms with E-state index >= 15 is 0 Å². The summed E-state index contributed by atoms with van der Waals surface area (Å²) in [6.07, 6.45) is 1.16. The van der Waals surface area contributed by atoms with Crippen LogP contribution in [-0.4, -0.2) is 56.3 Å². The summed E-state index contributed by atoms with van der Waals surface area (Å²) in [7, 11) is -2.06. The molecule has 0 aromatic carbocycles. The van der Waals surface area contributed by atoms with E-state index in [9.17, 15) is 9.90 Å². The predicted molar refractivity (Wildman–Crippen MR) is 116 cm³/mol. The first-order valence-electron chi connectivity index (χ1n) is 10.2. The van der Waals surface area contributed by atoms with E-state index in [1.54, 1.807) is 6.20 Å². The van der Waals surface area contributed by atoms with Gasteiger partial charge in [0.1, 0.15) is 0 Å². The highest BCUT2D eigenvalue weighted by atomic mass is 28.4. The van der Waals surface area contributed by atoms with Crippen LogP contribution in [0.5, 0.6) is 5.88 Å². The van der Waals surface area contributed by atoms with Crippen LogP contribution in [0.25, 0.3) is 0 Å². The third kappa shape index (κ3) is 4.30. The van der Waals surface area contributed by atoms with Gasteiger partial charge in [-0.25, -0.2) is 9.78 Å². The number of nitrogens with zero attached hydrogens (tertiary/aromatic N) is 2. The van der Waals surface area contributed by atoms with Gasteiger partial charge in [-0.1, -0.05) is 27.7 Å². The standard InChI is InChI=1S/C20H34N4O4Si/c1-12-10-24(16-13-7-8-27-18(13)22-9-14(16)21)11-15(23-19(25)26)17(12)28-29(5,6)20(2,3)4/h9,12,15,17,23H,7-8,10-11,21H2,1-6H3,(H,25,26)/t12-,15+,17-/m0/s1. The van der Waals surface area contributed by atoms with E-state index in [4.69, 9.17) is 14.9 Å². The fourth-order valence-corrected chi connectivity index (χ4v) is 5.39. The van der Waals surface area contributed by atoms with Gasteiger partial charge in [0.15, 0.2) is 8.32 Å². The number of anilines is 2. The lowest BCUT2D eigenvalue weighted by Crippen LogP contribution is -2.62. The number of aromatic nitrogens is 1. The van der Waals surface area contributed by atoms with E-state index in [2.05, 4.69) is 56.0 Å². The summed E-state index contributed by atoms with van der Waals surface area (Å²) in [4.78, 5) is 18.0. The number of ether oxygens (including phenoxy) is 1. The minimum absolute atomic E-state index is 0.0469. The molecular formula is C20H34N4O4Si. The number of amides is 1. The molecule has 8 nitrogen and oxygen atoms in total. The number of rotatable bonds is 4. The van der Waals surface area contributed by atoms with Crippen molar-refractivity contribution in [2.24, 2.45) is 5.92 Å². The summed E-state index contributed by atoms with van der Waals surface area (Å²) in [6.45, 7) is 14.9. The molecule has 2 aliphatic rings. The SMILES string of the molecule is C[C@H]1CN(c2c(N)cnc3c2CCO3)C[C@@H](NC(=O)O)[C@H]1O[Si](C)(C)C(C)(C)C. The Morgan fingerprint density at radius 1 is 1.41 bits per heavy atom. The van der Waals surface area contributed by atoms with Crippen molar-refractivity contribution in [3.8, 4) is 5.88 Å². The molecule has 1 aromatic rings. The smallest absolute Gasteiger partial charge is 0.405 e.